The van der Waals surface area contributed by atoms with Gasteiger partial charge < -0.3 is 5.32 Å². The molecule has 0 bridgehead atoms. The second kappa shape index (κ2) is 8.35. The smallest absolute Gasteiger partial charge is 0.354 e. The van der Waals surface area contributed by atoms with Gasteiger partial charge in [-0.25, -0.2) is 16.8 Å². The number of sulfone groups is 1. The van der Waals surface area contributed by atoms with Crippen LogP contribution in [0.1, 0.15) is 19.4 Å². The first-order valence-electron chi connectivity index (χ1n) is 7.47. The lowest BCUT2D eigenvalue weighted by Crippen LogP contribution is -2.46. The summed E-state index contributed by atoms with van der Waals surface area (Å²) in [6, 6.07) is 2.18. The Morgan fingerprint density at radius 2 is 1.73 bits per heavy atom. The van der Waals surface area contributed by atoms with E-state index in [4.69, 9.17) is 0 Å². The van der Waals surface area contributed by atoms with E-state index in [2.05, 4.69) is 5.32 Å². The molecule has 26 heavy (non-hydrogen) atoms. The molecule has 1 aromatic carbocycles. The fraction of sp³-hybridized carbons (Fsp3) is 0.500. The van der Waals surface area contributed by atoms with Crippen LogP contribution in [0.25, 0.3) is 0 Å². The normalized spacial score (nSPS) is 14.0. The van der Waals surface area contributed by atoms with Crippen molar-refractivity contribution in [2.24, 2.45) is 0 Å². The maximum absolute atomic E-state index is 13.0. The topological polar surface area (TPSA) is 109 Å². The molecule has 1 rings (SSSR count). The highest BCUT2D eigenvalue weighted by atomic mass is 32.2. The van der Waals surface area contributed by atoms with Gasteiger partial charge in [-0.1, -0.05) is 19.1 Å². The number of halogens is 3. The molecule has 148 valence electrons. The molecule has 0 unspecified atom stereocenters. The minimum atomic E-state index is -4.88. The van der Waals surface area contributed by atoms with Crippen molar-refractivity contribution in [1.29, 1.82) is 0 Å². The lowest BCUT2D eigenvalue weighted by molar-refractivity contribution is -0.139. The Bertz CT molecular complexity index is 852. The summed E-state index contributed by atoms with van der Waals surface area (Å²) >= 11 is 0. The third kappa shape index (κ3) is 6.25. The van der Waals surface area contributed by atoms with Crippen molar-refractivity contribution >= 4 is 25.8 Å². The van der Waals surface area contributed by atoms with Gasteiger partial charge in [-0.15, -0.1) is 0 Å². The number of hydrogen-bond donors (Lipinski definition) is 2. The molecule has 1 atom stereocenters. The van der Waals surface area contributed by atoms with Crippen LogP contribution in [0, 0.1) is 0 Å². The number of alkyl halides is 3. The van der Waals surface area contributed by atoms with Crippen LogP contribution in [0.2, 0.25) is 0 Å². The molecule has 12 heteroatoms. The lowest BCUT2D eigenvalue weighted by atomic mass is 10.2. The van der Waals surface area contributed by atoms with Crippen molar-refractivity contribution in [3.05, 3.63) is 29.8 Å². The van der Waals surface area contributed by atoms with Gasteiger partial charge in [0.2, 0.25) is 15.9 Å². The number of benzene rings is 1. The Morgan fingerprint density at radius 3 is 2.27 bits per heavy atom. The van der Waals surface area contributed by atoms with Crippen molar-refractivity contribution in [2.75, 3.05) is 18.1 Å². The standard InChI is InChI=1S/C14H19F3N2O5S2/c1-3-25(21,22)9-8-18-13(20)10(2)19-26(23,24)12-7-5-4-6-11(12)14(15,16)17/h4-7,10,19H,3,8-9H2,1-2H3,(H,18,20)/t10-/m0/s1. The first-order valence-corrected chi connectivity index (χ1v) is 10.8. The number of carbonyl (C=O) groups excluding carboxylic acids is 1. The van der Waals surface area contributed by atoms with Gasteiger partial charge in [0.1, 0.15) is 0 Å². The molecule has 2 N–H and O–H groups in total. The molecule has 1 amide bonds. The quantitative estimate of drug-likeness (QED) is 0.655. The van der Waals surface area contributed by atoms with E-state index in [0.29, 0.717) is 6.07 Å². The monoisotopic (exact) mass is 416 g/mol. The summed E-state index contributed by atoms with van der Waals surface area (Å²) in [6.45, 7) is 2.34. The lowest BCUT2D eigenvalue weighted by Gasteiger charge is -2.17. The number of rotatable bonds is 8. The third-order valence-electron chi connectivity index (χ3n) is 3.36. The van der Waals surface area contributed by atoms with E-state index in [9.17, 15) is 34.8 Å². The molecule has 0 saturated carbocycles. The molecule has 0 aromatic heterocycles. The number of hydrogen-bond acceptors (Lipinski definition) is 5. The largest absolute Gasteiger partial charge is 0.417 e. The second-order valence-electron chi connectivity index (χ2n) is 5.36. The van der Waals surface area contributed by atoms with Crippen LogP contribution >= 0.6 is 0 Å². The van der Waals surface area contributed by atoms with E-state index < -0.39 is 48.4 Å². The van der Waals surface area contributed by atoms with Gasteiger partial charge >= 0.3 is 6.18 Å². The van der Waals surface area contributed by atoms with Gasteiger partial charge in [-0.05, 0) is 19.1 Å². The number of sulfonamides is 1. The van der Waals surface area contributed by atoms with E-state index in [1.54, 1.807) is 0 Å². The zero-order valence-electron chi connectivity index (χ0n) is 14.0. The molecule has 0 radical (unpaired) electrons. The third-order valence-corrected chi connectivity index (χ3v) is 6.66. The summed E-state index contributed by atoms with van der Waals surface area (Å²) < 4.78 is 87.8. The summed E-state index contributed by atoms with van der Waals surface area (Å²) in [4.78, 5) is 10.9. The molecular formula is C14H19F3N2O5S2. The summed E-state index contributed by atoms with van der Waals surface area (Å²) in [5, 5.41) is 2.22. The van der Waals surface area contributed by atoms with Crippen LogP contribution in [0.3, 0.4) is 0 Å². The molecule has 0 aliphatic rings. The Morgan fingerprint density at radius 1 is 1.15 bits per heavy atom. The predicted molar refractivity (Wildman–Crippen MR) is 88.6 cm³/mol. The molecule has 7 nitrogen and oxygen atoms in total. The van der Waals surface area contributed by atoms with Gasteiger partial charge in [-0.2, -0.15) is 17.9 Å². The average Bonchev–Trinajstić information content (AvgIpc) is 2.53. The second-order valence-corrected chi connectivity index (χ2v) is 9.52. The van der Waals surface area contributed by atoms with Gasteiger partial charge in [0.15, 0.2) is 9.84 Å². The van der Waals surface area contributed by atoms with E-state index in [0.717, 1.165) is 25.1 Å². The number of carbonyl (C=O) groups is 1. The zero-order chi connectivity index (χ0) is 20.2. The number of nitrogens with one attached hydrogen (secondary N) is 2. The van der Waals surface area contributed by atoms with Gasteiger partial charge in [0.25, 0.3) is 0 Å². The highest BCUT2D eigenvalue weighted by Crippen LogP contribution is 2.33. The first-order chi connectivity index (χ1) is 11.8. The minimum absolute atomic E-state index is 0.112. The maximum Gasteiger partial charge on any atom is 0.417 e. The minimum Gasteiger partial charge on any atom is -0.354 e. The van der Waals surface area contributed by atoms with Crippen LogP contribution in [0.4, 0.5) is 13.2 Å². The fourth-order valence-electron chi connectivity index (χ4n) is 1.91. The van der Waals surface area contributed by atoms with Crippen molar-refractivity contribution in [3.63, 3.8) is 0 Å². The molecule has 0 saturated heterocycles. The summed E-state index contributed by atoms with van der Waals surface area (Å²) in [5.74, 6) is -1.30. The molecule has 0 fully saturated rings. The first kappa shape index (κ1) is 22.4. The van der Waals surface area contributed by atoms with E-state index in [1.807, 2.05) is 4.72 Å². The Hall–Kier alpha value is -1.66. The molecule has 0 spiro atoms. The van der Waals surface area contributed by atoms with E-state index in [-0.39, 0.29) is 18.1 Å². The van der Waals surface area contributed by atoms with Crippen LogP contribution in [0.5, 0.6) is 0 Å². The van der Waals surface area contributed by atoms with Crippen LogP contribution in [0.15, 0.2) is 29.2 Å². The van der Waals surface area contributed by atoms with Gasteiger partial charge in [0, 0.05) is 12.3 Å². The van der Waals surface area contributed by atoms with Crippen molar-refractivity contribution in [1.82, 2.24) is 10.0 Å². The highest BCUT2D eigenvalue weighted by molar-refractivity contribution is 7.91. The summed E-state index contributed by atoms with van der Waals surface area (Å²) in [5.41, 5.74) is -1.35. The molecule has 0 aliphatic carbocycles. The summed E-state index contributed by atoms with van der Waals surface area (Å²) in [6.07, 6.45) is -4.88. The molecule has 0 aliphatic heterocycles. The average molecular weight is 416 g/mol. The predicted octanol–water partition coefficient (Wildman–Crippen LogP) is 0.923. The van der Waals surface area contributed by atoms with E-state index >= 15 is 0 Å². The number of amides is 1. The Balaban J connectivity index is 2.86. The Kier molecular flexibility index (Phi) is 7.19. The van der Waals surface area contributed by atoms with Crippen LogP contribution in [-0.2, 0) is 30.8 Å². The molecule has 1 aromatic rings. The molecule has 0 heterocycles. The van der Waals surface area contributed by atoms with Gasteiger partial charge in [-0.3, -0.25) is 4.79 Å². The zero-order valence-corrected chi connectivity index (χ0v) is 15.6. The van der Waals surface area contributed by atoms with Crippen molar-refractivity contribution in [3.8, 4) is 0 Å². The van der Waals surface area contributed by atoms with Gasteiger partial charge in [0.05, 0.1) is 22.3 Å². The SMILES string of the molecule is CCS(=O)(=O)CCNC(=O)[C@H](C)NS(=O)(=O)c1ccccc1C(F)(F)F. The van der Waals surface area contributed by atoms with Crippen molar-refractivity contribution < 1.29 is 34.8 Å². The highest BCUT2D eigenvalue weighted by Gasteiger charge is 2.37. The van der Waals surface area contributed by atoms with Crippen LogP contribution in [-0.4, -0.2) is 46.8 Å². The van der Waals surface area contributed by atoms with Crippen molar-refractivity contribution in [2.45, 2.75) is 31.0 Å². The van der Waals surface area contributed by atoms with E-state index in [1.165, 1.54) is 6.92 Å². The fourth-order valence-corrected chi connectivity index (χ4v) is 4.04. The summed E-state index contributed by atoms with van der Waals surface area (Å²) in [7, 11) is -7.94. The van der Waals surface area contributed by atoms with Crippen LogP contribution < -0.4 is 10.0 Å². The maximum atomic E-state index is 13.0. The molecular weight excluding hydrogens is 397 g/mol. The Labute approximate surface area is 149 Å².